The standard InChI is InChI=1S/C26H53NO3/c1-3-5-7-9-11-13-15-17-19-21-25(29)24(23-28)27-26(30)22-20-18-16-14-12-10-8-6-4-2/h24-25,28-29H,3-23H2,1-2H3,(H,27,30). The van der Waals surface area contributed by atoms with Crippen molar-refractivity contribution in [1.29, 1.82) is 0 Å². The van der Waals surface area contributed by atoms with E-state index in [1.165, 1.54) is 89.9 Å². The molecule has 0 aliphatic carbocycles. The zero-order valence-corrected chi connectivity index (χ0v) is 20.3. The molecule has 4 nitrogen and oxygen atoms in total. The Balaban J connectivity index is 3.65. The molecule has 2 atom stereocenters. The molecule has 0 saturated carbocycles. The highest BCUT2D eigenvalue weighted by molar-refractivity contribution is 5.76. The van der Waals surface area contributed by atoms with Crippen LogP contribution in [0.1, 0.15) is 142 Å². The lowest BCUT2D eigenvalue weighted by atomic mass is 10.0. The summed E-state index contributed by atoms with van der Waals surface area (Å²) in [4.78, 5) is 12.1. The maximum absolute atomic E-state index is 12.1. The summed E-state index contributed by atoms with van der Waals surface area (Å²) in [6.45, 7) is 4.29. The molecule has 0 bridgehead atoms. The lowest BCUT2D eigenvalue weighted by Gasteiger charge is -2.22. The van der Waals surface area contributed by atoms with E-state index in [0.717, 1.165) is 25.7 Å². The van der Waals surface area contributed by atoms with Crippen molar-refractivity contribution in [2.45, 2.75) is 154 Å². The van der Waals surface area contributed by atoms with Crippen LogP contribution in [0, 0.1) is 0 Å². The van der Waals surface area contributed by atoms with Gasteiger partial charge in [0.2, 0.25) is 5.91 Å². The van der Waals surface area contributed by atoms with Gasteiger partial charge in [-0.05, 0) is 12.8 Å². The zero-order valence-electron chi connectivity index (χ0n) is 20.3. The van der Waals surface area contributed by atoms with Gasteiger partial charge < -0.3 is 15.5 Å². The first-order valence-corrected chi connectivity index (χ1v) is 13.2. The molecule has 0 aliphatic heterocycles. The van der Waals surface area contributed by atoms with E-state index in [-0.39, 0.29) is 12.5 Å². The molecule has 0 saturated heterocycles. The van der Waals surface area contributed by atoms with Crippen LogP contribution in [-0.2, 0) is 4.79 Å². The molecule has 0 heterocycles. The Bertz CT molecular complexity index is 362. The van der Waals surface area contributed by atoms with Crippen molar-refractivity contribution < 1.29 is 15.0 Å². The third kappa shape index (κ3) is 19.4. The average molecular weight is 428 g/mol. The van der Waals surface area contributed by atoms with Crippen LogP contribution < -0.4 is 5.32 Å². The first-order valence-electron chi connectivity index (χ1n) is 13.2. The van der Waals surface area contributed by atoms with Crippen LogP contribution >= 0.6 is 0 Å². The summed E-state index contributed by atoms with van der Waals surface area (Å²) in [5, 5.41) is 22.7. The summed E-state index contributed by atoms with van der Waals surface area (Å²) in [5.41, 5.74) is 0. The van der Waals surface area contributed by atoms with Crippen molar-refractivity contribution in [3.05, 3.63) is 0 Å². The lowest BCUT2D eigenvalue weighted by molar-refractivity contribution is -0.123. The number of nitrogens with one attached hydrogen (secondary N) is 1. The van der Waals surface area contributed by atoms with Crippen molar-refractivity contribution in [3.8, 4) is 0 Å². The second-order valence-electron chi connectivity index (χ2n) is 9.12. The number of hydrogen-bond donors (Lipinski definition) is 3. The summed E-state index contributed by atoms with van der Waals surface area (Å²) in [6, 6.07) is -0.523. The fourth-order valence-electron chi connectivity index (χ4n) is 4.00. The van der Waals surface area contributed by atoms with Crippen molar-refractivity contribution in [3.63, 3.8) is 0 Å². The van der Waals surface area contributed by atoms with Gasteiger partial charge in [0.1, 0.15) is 0 Å². The predicted octanol–water partition coefficient (Wildman–Crippen LogP) is 6.67. The van der Waals surface area contributed by atoms with E-state index in [1.807, 2.05) is 0 Å². The molecule has 0 fully saturated rings. The summed E-state index contributed by atoms with van der Waals surface area (Å²) >= 11 is 0. The molecule has 4 heteroatoms. The molecule has 0 aliphatic rings. The predicted molar refractivity (Wildman–Crippen MR) is 129 cm³/mol. The molecule has 0 rings (SSSR count). The molecule has 2 unspecified atom stereocenters. The topological polar surface area (TPSA) is 69.6 Å². The number of aliphatic hydroxyl groups is 2. The van der Waals surface area contributed by atoms with Crippen molar-refractivity contribution >= 4 is 5.91 Å². The van der Waals surface area contributed by atoms with E-state index in [9.17, 15) is 15.0 Å². The molecular weight excluding hydrogens is 374 g/mol. The van der Waals surface area contributed by atoms with E-state index in [1.54, 1.807) is 0 Å². The van der Waals surface area contributed by atoms with Crippen LogP contribution in [0.25, 0.3) is 0 Å². The normalized spacial score (nSPS) is 13.3. The second-order valence-corrected chi connectivity index (χ2v) is 9.12. The lowest BCUT2D eigenvalue weighted by Crippen LogP contribution is -2.45. The monoisotopic (exact) mass is 427 g/mol. The molecule has 3 N–H and O–H groups in total. The third-order valence-corrected chi connectivity index (χ3v) is 6.12. The number of amides is 1. The molecule has 0 aromatic rings. The van der Waals surface area contributed by atoms with Gasteiger partial charge >= 0.3 is 0 Å². The van der Waals surface area contributed by atoms with Crippen molar-refractivity contribution in [2.24, 2.45) is 0 Å². The van der Waals surface area contributed by atoms with E-state index >= 15 is 0 Å². The molecule has 1 amide bonds. The van der Waals surface area contributed by atoms with Gasteiger partial charge in [-0.15, -0.1) is 0 Å². The Kier molecular flexibility index (Phi) is 22.6. The largest absolute Gasteiger partial charge is 0.394 e. The van der Waals surface area contributed by atoms with Gasteiger partial charge in [0.05, 0.1) is 18.8 Å². The number of hydrogen-bond acceptors (Lipinski definition) is 3. The van der Waals surface area contributed by atoms with Crippen LogP contribution in [-0.4, -0.2) is 34.9 Å². The van der Waals surface area contributed by atoms with Gasteiger partial charge in [-0.2, -0.15) is 0 Å². The fraction of sp³-hybridized carbons (Fsp3) is 0.962. The second kappa shape index (κ2) is 23.1. The molecule has 0 aromatic heterocycles. The Morgan fingerprint density at radius 3 is 1.50 bits per heavy atom. The van der Waals surface area contributed by atoms with Gasteiger partial charge in [-0.3, -0.25) is 4.79 Å². The quantitative estimate of drug-likeness (QED) is 0.160. The van der Waals surface area contributed by atoms with Crippen LogP contribution in [0.2, 0.25) is 0 Å². The highest BCUT2D eigenvalue weighted by Crippen LogP contribution is 2.13. The maximum Gasteiger partial charge on any atom is 0.220 e. The highest BCUT2D eigenvalue weighted by Gasteiger charge is 2.19. The summed E-state index contributed by atoms with van der Waals surface area (Å²) < 4.78 is 0. The van der Waals surface area contributed by atoms with Crippen LogP contribution in [0.15, 0.2) is 0 Å². The fourth-order valence-corrected chi connectivity index (χ4v) is 4.00. The minimum atomic E-state index is -0.647. The molecule has 0 radical (unpaired) electrons. The summed E-state index contributed by atoms with van der Waals surface area (Å²) in [6.07, 6.45) is 22.8. The Morgan fingerprint density at radius 1 is 0.667 bits per heavy atom. The molecular formula is C26H53NO3. The van der Waals surface area contributed by atoms with Crippen LogP contribution in [0.5, 0.6) is 0 Å². The molecule has 0 spiro atoms. The molecule has 180 valence electrons. The number of carbonyl (C=O) groups excluding carboxylic acids is 1. The molecule has 0 aromatic carbocycles. The Hall–Kier alpha value is -0.610. The third-order valence-electron chi connectivity index (χ3n) is 6.12. The Labute approximate surface area is 187 Å². The van der Waals surface area contributed by atoms with E-state index < -0.39 is 12.1 Å². The number of aliphatic hydroxyl groups excluding tert-OH is 2. The van der Waals surface area contributed by atoms with Gasteiger partial charge in [0, 0.05) is 6.42 Å². The first kappa shape index (κ1) is 29.4. The van der Waals surface area contributed by atoms with E-state index in [4.69, 9.17) is 0 Å². The van der Waals surface area contributed by atoms with Crippen molar-refractivity contribution in [1.82, 2.24) is 5.32 Å². The van der Waals surface area contributed by atoms with Crippen molar-refractivity contribution in [2.75, 3.05) is 6.61 Å². The minimum absolute atomic E-state index is 0.0388. The number of rotatable bonds is 23. The van der Waals surface area contributed by atoms with Gasteiger partial charge in [0.15, 0.2) is 0 Å². The molecule has 30 heavy (non-hydrogen) atoms. The van der Waals surface area contributed by atoms with Gasteiger partial charge in [-0.1, -0.05) is 123 Å². The summed E-state index contributed by atoms with van der Waals surface area (Å²) in [5.74, 6) is -0.0388. The first-order chi connectivity index (χ1) is 14.7. The van der Waals surface area contributed by atoms with Gasteiger partial charge in [0.25, 0.3) is 0 Å². The minimum Gasteiger partial charge on any atom is -0.394 e. The van der Waals surface area contributed by atoms with Crippen LogP contribution in [0.3, 0.4) is 0 Å². The van der Waals surface area contributed by atoms with Gasteiger partial charge in [-0.25, -0.2) is 0 Å². The zero-order chi connectivity index (χ0) is 22.3. The van der Waals surface area contributed by atoms with Crippen LogP contribution in [0.4, 0.5) is 0 Å². The average Bonchev–Trinajstić information content (AvgIpc) is 2.75. The van der Waals surface area contributed by atoms with E-state index in [2.05, 4.69) is 19.2 Å². The SMILES string of the molecule is CCCCCCCCCCCC(=O)NC(CO)C(O)CCCCCCCCCCC. The number of unbranched alkanes of at least 4 members (excludes halogenated alkanes) is 16. The highest BCUT2D eigenvalue weighted by atomic mass is 16.3. The maximum atomic E-state index is 12.1. The summed E-state index contributed by atoms with van der Waals surface area (Å²) in [7, 11) is 0. The number of carbonyl (C=O) groups is 1. The van der Waals surface area contributed by atoms with E-state index in [0.29, 0.717) is 12.8 Å². The smallest absolute Gasteiger partial charge is 0.220 e. The Morgan fingerprint density at radius 2 is 1.07 bits per heavy atom.